The first-order valence-electron chi connectivity index (χ1n) is 5.77. The molecule has 2 nitrogen and oxygen atoms in total. The van der Waals surface area contributed by atoms with Crippen molar-refractivity contribution in [3.63, 3.8) is 0 Å². The highest BCUT2D eigenvalue weighted by molar-refractivity contribution is 5.86. The molecule has 0 N–H and O–H groups in total. The summed E-state index contributed by atoms with van der Waals surface area (Å²) < 4.78 is 4.98. The number of allylic oxidation sites excluding steroid dienone is 3. The second-order valence-electron chi connectivity index (χ2n) is 3.76. The van der Waals surface area contributed by atoms with E-state index in [-0.39, 0.29) is 5.97 Å². The van der Waals surface area contributed by atoms with E-state index in [0.29, 0.717) is 12.2 Å². The SMILES string of the molecule is C=CCC=CCCCCCOC(=O)C(=C)C. The average molecular weight is 222 g/mol. The van der Waals surface area contributed by atoms with E-state index >= 15 is 0 Å². The van der Waals surface area contributed by atoms with Crippen LogP contribution in [-0.4, -0.2) is 12.6 Å². The molecule has 0 aliphatic heterocycles. The van der Waals surface area contributed by atoms with Gasteiger partial charge in [-0.3, -0.25) is 0 Å². The highest BCUT2D eigenvalue weighted by atomic mass is 16.5. The Kier molecular flexibility index (Phi) is 9.38. The molecule has 2 heteroatoms. The summed E-state index contributed by atoms with van der Waals surface area (Å²) in [6.45, 7) is 9.32. The van der Waals surface area contributed by atoms with Gasteiger partial charge in [-0.25, -0.2) is 4.79 Å². The van der Waals surface area contributed by atoms with E-state index in [9.17, 15) is 4.79 Å². The minimum absolute atomic E-state index is 0.286. The number of hydrogen-bond donors (Lipinski definition) is 0. The number of esters is 1. The maximum absolute atomic E-state index is 11.0. The molecule has 0 aromatic rings. The summed E-state index contributed by atoms with van der Waals surface area (Å²) >= 11 is 0. The zero-order valence-corrected chi connectivity index (χ0v) is 10.2. The van der Waals surface area contributed by atoms with Crippen molar-refractivity contribution < 1.29 is 9.53 Å². The molecule has 0 aromatic heterocycles. The van der Waals surface area contributed by atoms with Crippen molar-refractivity contribution in [1.29, 1.82) is 0 Å². The molecule has 0 rings (SSSR count). The molecule has 0 amide bonds. The summed E-state index contributed by atoms with van der Waals surface area (Å²) in [7, 11) is 0. The van der Waals surface area contributed by atoms with Crippen LogP contribution in [0, 0.1) is 0 Å². The van der Waals surface area contributed by atoms with Crippen molar-refractivity contribution in [2.45, 2.75) is 39.0 Å². The van der Waals surface area contributed by atoms with Crippen molar-refractivity contribution in [3.05, 3.63) is 37.0 Å². The summed E-state index contributed by atoms with van der Waals surface area (Å²) in [6, 6.07) is 0. The molecular formula is C14H22O2. The molecule has 90 valence electrons. The van der Waals surface area contributed by atoms with Crippen molar-refractivity contribution in [3.8, 4) is 0 Å². The third-order valence-electron chi connectivity index (χ3n) is 2.07. The first-order chi connectivity index (χ1) is 7.68. The quantitative estimate of drug-likeness (QED) is 0.257. The Bertz CT molecular complexity index is 251. The Morgan fingerprint density at radius 2 is 2.00 bits per heavy atom. The molecule has 0 heterocycles. The fourth-order valence-electron chi connectivity index (χ4n) is 1.14. The van der Waals surface area contributed by atoms with Crippen molar-refractivity contribution in [2.75, 3.05) is 6.61 Å². The van der Waals surface area contributed by atoms with Gasteiger partial charge in [0.1, 0.15) is 0 Å². The molecule has 0 fully saturated rings. The molecule has 0 aromatic carbocycles. The van der Waals surface area contributed by atoms with Crippen LogP contribution in [0.4, 0.5) is 0 Å². The van der Waals surface area contributed by atoms with Gasteiger partial charge in [-0.1, -0.05) is 24.8 Å². The molecule has 0 saturated carbocycles. The van der Waals surface area contributed by atoms with Crippen LogP contribution in [-0.2, 0) is 9.53 Å². The Morgan fingerprint density at radius 3 is 2.62 bits per heavy atom. The van der Waals surface area contributed by atoms with Gasteiger partial charge in [-0.2, -0.15) is 0 Å². The molecule has 0 radical (unpaired) electrons. The van der Waals surface area contributed by atoms with E-state index in [2.05, 4.69) is 25.3 Å². The third-order valence-corrected chi connectivity index (χ3v) is 2.07. The fraction of sp³-hybridized carbons (Fsp3) is 0.500. The zero-order chi connectivity index (χ0) is 12.2. The van der Waals surface area contributed by atoms with E-state index in [4.69, 9.17) is 4.74 Å². The van der Waals surface area contributed by atoms with Gasteiger partial charge in [-0.05, 0) is 39.0 Å². The predicted molar refractivity (Wildman–Crippen MR) is 68.2 cm³/mol. The van der Waals surface area contributed by atoms with Crippen LogP contribution in [0.2, 0.25) is 0 Å². The van der Waals surface area contributed by atoms with E-state index in [1.807, 2.05) is 6.08 Å². The van der Waals surface area contributed by atoms with Gasteiger partial charge in [0, 0.05) is 5.57 Å². The number of carbonyl (C=O) groups excluding carboxylic acids is 1. The number of ether oxygens (including phenoxy) is 1. The second-order valence-corrected chi connectivity index (χ2v) is 3.76. The van der Waals surface area contributed by atoms with Crippen molar-refractivity contribution in [2.24, 2.45) is 0 Å². The third kappa shape index (κ3) is 9.25. The summed E-state index contributed by atoms with van der Waals surface area (Å²) in [6.07, 6.45) is 11.3. The lowest BCUT2D eigenvalue weighted by molar-refractivity contribution is -0.139. The second kappa shape index (κ2) is 10.2. The van der Waals surface area contributed by atoms with Gasteiger partial charge in [0.25, 0.3) is 0 Å². The van der Waals surface area contributed by atoms with Crippen molar-refractivity contribution >= 4 is 5.97 Å². The minimum Gasteiger partial charge on any atom is -0.462 e. The lowest BCUT2D eigenvalue weighted by Gasteiger charge is -2.03. The predicted octanol–water partition coefficient (Wildman–Crippen LogP) is 3.80. The van der Waals surface area contributed by atoms with Gasteiger partial charge in [-0.15, -0.1) is 6.58 Å². The largest absolute Gasteiger partial charge is 0.462 e. The minimum atomic E-state index is -0.286. The number of hydrogen-bond acceptors (Lipinski definition) is 2. The maximum atomic E-state index is 11.0. The number of rotatable bonds is 9. The molecule has 0 aliphatic rings. The first-order valence-corrected chi connectivity index (χ1v) is 5.77. The highest BCUT2D eigenvalue weighted by Gasteiger charge is 2.01. The van der Waals surface area contributed by atoms with Crippen LogP contribution >= 0.6 is 0 Å². The maximum Gasteiger partial charge on any atom is 0.333 e. The molecule has 0 bridgehead atoms. The molecule has 16 heavy (non-hydrogen) atoms. The molecule has 0 saturated heterocycles. The van der Waals surface area contributed by atoms with Gasteiger partial charge >= 0.3 is 5.97 Å². The van der Waals surface area contributed by atoms with Crippen LogP contribution < -0.4 is 0 Å². The van der Waals surface area contributed by atoms with E-state index in [0.717, 1.165) is 32.1 Å². The molecule has 0 atom stereocenters. The van der Waals surface area contributed by atoms with Gasteiger partial charge < -0.3 is 4.74 Å². The Hall–Kier alpha value is -1.31. The van der Waals surface area contributed by atoms with Crippen LogP contribution in [0.5, 0.6) is 0 Å². The molecule has 0 unspecified atom stereocenters. The Morgan fingerprint density at radius 1 is 1.25 bits per heavy atom. The first kappa shape index (κ1) is 14.7. The van der Waals surface area contributed by atoms with E-state index < -0.39 is 0 Å². The normalized spacial score (nSPS) is 10.3. The van der Waals surface area contributed by atoms with E-state index in [1.165, 1.54) is 0 Å². The fourth-order valence-corrected chi connectivity index (χ4v) is 1.14. The lowest BCUT2D eigenvalue weighted by atomic mass is 10.2. The molecular weight excluding hydrogens is 200 g/mol. The topological polar surface area (TPSA) is 26.3 Å². The molecule has 0 aliphatic carbocycles. The number of carbonyl (C=O) groups is 1. The summed E-state index contributed by atoms with van der Waals surface area (Å²) in [5, 5.41) is 0. The summed E-state index contributed by atoms with van der Waals surface area (Å²) in [4.78, 5) is 11.0. The Labute approximate surface area is 98.7 Å². The highest BCUT2D eigenvalue weighted by Crippen LogP contribution is 2.02. The van der Waals surface area contributed by atoms with Crippen LogP contribution in [0.25, 0.3) is 0 Å². The lowest BCUT2D eigenvalue weighted by Crippen LogP contribution is -2.05. The van der Waals surface area contributed by atoms with E-state index in [1.54, 1.807) is 6.92 Å². The Balaban J connectivity index is 3.24. The van der Waals surface area contributed by atoms with Gasteiger partial charge in [0.15, 0.2) is 0 Å². The standard InChI is InChI=1S/C14H22O2/c1-4-5-6-7-8-9-10-11-12-16-14(15)13(2)3/h4,6-7H,1-2,5,8-12H2,3H3. The molecule has 0 spiro atoms. The van der Waals surface area contributed by atoms with Crippen LogP contribution in [0.3, 0.4) is 0 Å². The smallest absolute Gasteiger partial charge is 0.333 e. The average Bonchev–Trinajstić information content (AvgIpc) is 2.26. The summed E-state index contributed by atoms with van der Waals surface area (Å²) in [5.74, 6) is -0.286. The van der Waals surface area contributed by atoms with Crippen molar-refractivity contribution in [1.82, 2.24) is 0 Å². The van der Waals surface area contributed by atoms with Crippen LogP contribution in [0.1, 0.15) is 39.0 Å². The van der Waals surface area contributed by atoms with Gasteiger partial charge in [0.2, 0.25) is 0 Å². The zero-order valence-electron chi connectivity index (χ0n) is 10.2. The number of unbranched alkanes of at least 4 members (excludes halogenated alkanes) is 3. The van der Waals surface area contributed by atoms with Gasteiger partial charge in [0.05, 0.1) is 6.61 Å². The summed E-state index contributed by atoms with van der Waals surface area (Å²) in [5.41, 5.74) is 0.465. The monoisotopic (exact) mass is 222 g/mol. The van der Waals surface area contributed by atoms with Crippen LogP contribution in [0.15, 0.2) is 37.0 Å².